The summed E-state index contributed by atoms with van der Waals surface area (Å²) in [6.45, 7) is 0. The highest BCUT2D eigenvalue weighted by atomic mass is 15.0. The van der Waals surface area contributed by atoms with Crippen molar-refractivity contribution in [2.75, 3.05) is 0 Å². The molecule has 2 aliphatic rings. The summed E-state index contributed by atoms with van der Waals surface area (Å²) in [5, 5.41) is 2.44. The van der Waals surface area contributed by atoms with Gasteiger partial charge in [0.25, 0.3) is 0 Å². The van der Waals surface area contributed by atoms with E-state index in [9.17, 15) is 0 Å². The maximum atomic E-state index is 5.23. The topological polar surface area (TPSA) is 43.6 Å². The summed E-state index contributed by atoms with van der Waals surface area (Å²) in [5.41, 5.74) is 18.5. The summed E-state index contributed by atoms with van der Waals surface area (Å²) in [4.78, 5) is 15.5. The first-order chi connectivity index (χ1) is 30.8. The van der Waals surface area contributed by atoms with Gasteiger partial charge in [-0.3, -0.25) is 0 Å². The lowest BCUT2D eigenvalue weighted by Gasteiger charge is -2.30. The van der Waals surface area contributed by atoms with Crippen LogP contribution in [0, 0.1) is 0 Å². The Bertz CT molecular complexity index is 3540. The van der Waals surface area contributed by atoms with E-state index >= 15 is 0 Å². The van der Waals surface area contributed by atoms with Crippen LogP contribution < -0.4 is 0 Å². The predicted molar refractivity (Wildman–Crippen MR) is 252 cm³/mol. The zero-order valence-corrected chi connectivity index (χ0v) is 33.6. The van der Waals surface area contributed by atoms with Crippen LogP contribution in [-0.4, -0.2) is 19.5 Å². The minimum absolute atomic E-state index is 0.441. The molecule has 0 amide bonds. The van der Waals surface area contributed by atoms with Gasteiger partial charge in [0.05, 0.1) is 16.4 Å². The molecule has 288 valence electrons. The second-order valence-corrected chi connectivity index (χ2v) is 16.3. The van der Waals surface area contributed by atoms with Crippen LogP contribution in [0.25, 0.3) is 95.0 Å². The van der Waals surface area contributed by atoms with E-state index < -0.39 is 5.41 Å². The third-order valence-electron chi connectivity index (χ3n) is 13.1. The van der Waals surface area contributed by atoms with E-state index in [4.69, 9.17) is 15.0 Å². The highest BCUT2D eigenvalue weighted by Crippen LogP contribution is 2.64. The van der Waals surface area contributed by atoms with Gasteiger partial charge < -0.3 is 4.57 Å². The number of aromatic nitrogens is 4. The maximum absolute atomic E-state index is 5.23. The summed E-state index contributed by atoms with van der Waals surface area (Å²) in [7, 11) is 0. The average molecular weight is 789 g/mol. The van der Waals surface area contributed by atoms with Gasteiger partial charge in [0.2, 0.25) is 0 Å². The van der Waals surface area contributed by atoms with Gasteiger partial charge in [-0.15, -0.1) is 0 Å². The number of hydrogen-bond donors (Lipinski definition) is 0. The summed E-state index contributed by atoms with van der Waals surface area (Å²) < 4.78 is 2.47. The molecule has 2 heterocycles. The molecule has 2 aromatic heterocycles. The molecule has 4 nitrogen and oxygen atoms in total. The van der Waals surface area contributed by atoms with E-state index in [2.05, 4.69) is 199 Å². The third-order valence-corrected chi connectivity index (χ3v) is 13.1. The summed E-state index contributed by atoms with van der Waals surface area (Å²) in [5.74, 6) is 1.89. The van der Waals surface area contributed by atoms with Crippen molar-refractivity contribution >= 4 is 21.8 Å². The van der Waals surface area contributed by atoms with Crippen molar-refractivity contribution in [2.24, 2.45) is 0 Å². The molecular formula is C58H36N4. The Morgan fingerprint density at radius 2 is 0.823 bits per heavy atom. The summed E-state index contributed by atoms with van der Waals surface area (Å²) >= 11 is 0. The molecule has 4 heteroatoms. The number of nitrogens with zero attached hydrogens (tertiary/aromatic N) is 4. The van der Waals surface area contributed by atoms with Gasteiger partial charge in [-0.2, -0.15) is 0 Å². The first-order valence-electron chi connectivity index (χ1n) is 21.2. The molecule has 2 aliphatic carbocycles. The Morgan fingerprint density at radius 3 is 1.52 bits per heavy atom. The van der Waals surface area contributed by atoms with Crippen LogP contribution in [0.1, 0.15) is 22.3 Å². The van der Waals surface area contributed by atoms with Crippen LogP contribution >= 0.6 is 0 Å². The van der Waals surface area contributed by atoms with E-state index in [1.54, 1.807) is 0 Å². The average Bonchev–Trinajstić information content (AvgIpc) is 3.96. The molecule has 0 atom stereocenters. The van der Waals surface area contributed by atoms with Crippen LogP contribution in [0.2, 0.25) is 0 Å². The minimum Gasteiger partial charge on any atom is -0.309 e. The monoisotopic (exact) mass is 788 g/mol. The van der Waals surface area contributed by atoms with Crippen molar-refractivity contribution in [3.8, 4) is 73.2 Å². The maximum Gasteiger partial charge on any atom is 0.164 e. The summed E-state index contributed by atoms with van der Waals surface area (Å²) in [6, 6.07) is 78.5. The van der Waals surface area contributed by atoms with Gasteiger partial charge in [0.1, 0.15) is 0 Å². The van der Waals surface area contributed by atoms with Gasteiger partial charge >= 0.3 is 0 Å². The third kappa shape index (κ3) is 4.92. The molecule has 0 N–H and O–H groups in total. The number of hydrogen-bond acceptors (Lipinski definition) is 3. The molecule has 0 radical (unpaired) electrons. The van der Waals surface area contributed by atoms with Gasteiger partial charge in [0, 0.05) is 38.7 Å². The minimum atomic E-state index is -0.441. The van der Waals surface area contributed by atoms with E-state index in [0.717, 1.165) is 39.0 Å². The van der Waals surface area contributed by atoms with Crippen LogP contribution in [0.5, 0.6) is 0 Å². The van der Waals surface area contributed by atoms with Gasteiger partial charge in [-0.25, -0.2) is 15.0 Å². The Kier molecular flexibility index (Phi) is 7.49. The molecule has 0 aliphatic heterocycles. The molecular weight excluding hydrogens is 753 g/mol. The number of para-hydroxylation sites is 1. The fraction of sp³-hybridized carbons (Fsp3) is 0.0172. The van der Waals surface area contributed by atoms with Crippen LogP contribution in [-0.2, 0) is 5.41 Å². The number of rotatable bonds is 5. The lowest BCUT2D eigenvalue weighted by atomic mass is 9.70. The molecule has 0 bridgehead atoms. The normalized spacial score (nSPS) is 13.0. The molecule has 62 heavy (non-hydrogen) atoms. The zero-order valence-electron chi connectivity index (χ0n) is 33.6. The van der Waals surface area contributed by atoms with Crippen molar-refractivity contribution in [3.63, 3.8) is 0 Å². The Morgan fingerprint density at radius 1 is 0.323 bits per heavy atom. The van der Waals surface area contributed by atoms with Gasteiger partial charge in [-0.1, -0.05) is 194 Å². The Hall–Kier alpha value is -8.21. The summed E-state index contributed by atoms with van der Waals surface area (Å²) in [6.07, 6.45) is 0. The molecule has 11 aromatic rings. The largest absolute Gasteiger partial charge is 0.309 e. The second kappa shape index (κ2) is 13.4. The van der Waals surface area contributed by atoms with Crippen LogP contribution in [0.15, 0.2) is 218 Å². The standard InChI is InChI=1S/C58H36N4/c1-3-17-37(18-4-1)39-21-15-22-40(35-39)56-59-55(38-19-5-2-6-20-38)60-57(61-56)41-23-16-24-42(36-41)62-52-32-14-10-27-45(52)46-33-34-51-53(54(46)62)47-28-9-13-31-50(47)58(51)48-29-11-7-25-43(48)44-26-8-12-30-49(44)58/h1-36H. The SMILES string of the molecule is c1ccc(-c2cccc(-c3nc(-c4ccccc4)nc(-c4cccc(-n5c6ccccc6c6ccc7c(c65)-c5ccccc5C75c6ccccc6-c6ccccc65)c4)n3)c2)cc1. The first kappa shape index (κ1) is 34.6. The first-order valence-corrected chi connectivity index (χ1v) is 21.2. The molecule has 1 spiro atoms. The van der Waals surface area contributed by atoms with E-state index in [1.807, 2.05) is 24.3 Å². The lowest BCUT2D eigenvalue weighted by molar-refractivity contribution is 0.794. The predicted octanol–water partition coefficient (Wildman–Crippen LogP) is 14.0. The fourth-order valence-corrected chi connectivity index (χ4v) is 10.5. The Balaban J connectivity index is 1.05. The quantitative estimate of drug-likeness (QED) is 0.174. The number of fused-ring (bicyclic) bond motifs is 14. The van der Waals surface area contributed by atoms with Crippen LogP contribution in [0.3, 0.4) is 0 Å². The van der Waals surface area contributed by atoms with Crippen molar-refractivity contribution < 1.29 is 0 Å². The zero-order chi connectivity index (χ0) is 40.8. The van der Waals surface area contributed by atoms with E-state index in [-0.39, 0.29) is 0 Å². The number of benzene rings is 9. The van der Waals surface area contributed by atoms with Crippen molar-refractivity contribution in [2.45, 2.75) is 5.41 Å². The van der Waals surface area contributed by atoms with E-state index in [0.29, 0.717) is 17.5 Å². The molecule has 0 saturated heterocycles. The molecule has 13 rings (SSSR count). The van der Waals surface area contributed by atoms with Gasteiger partial charge in [0.15, 0.2) is 17.5 Å². The highest BCUT2D eigenvalue weighted by Gasteiger charge is 2.52. The molecule has 9 aromatic carbocycles. The smallest absolute Gasteiger partial charge is 0.164 e. The highest BCUT2D eigenvalue weighted by molar-refractivity contribution is 6.16. The second-order valence-electron chi connectivity index (χ2n) is 16.3. The van der Waals surface area contributed by atoms with Crippen molar-refractivity contribution in [1.29, 1.82) is 0 Å². The van der Waals surface area contributed by atoms with Gasteiger partial charge in [-0.05, 0) is 74.3 Å². The van der Waals surface area contributed by atoms with E-state index in [1.165, 1.54) is 60.8 Å². The Labute approximate surface area is 359 Å². The van der Waals surface area contributed by atoms with Crippen LogP contribution in [0.4, 0.5) is 0 Å². The molecule has 0 saturated carbocycles. The van der Waals surface area contributed by atoms with Crippen molar-refractivity contribution in [1.82, 2.24) is 19.5 Å². The fourth-order valence-electron chi connectivity index (χ4n) is 10.5. The lowest BCUT2D eigenvalue weighted by Crippen LogP contribution is -2.25. The molecule has 0 fully saturated rings. The molecule has 0 unspecified atom stereocenters. The van der Waals surface area contributed by atoms with Crippen molar-refractivity contribution in [3.05, 3.63) is 241 Å².